The van der Waals surface area contributed by atoms with E-state index in [0.29, 0.717) is 17.1 Å². The van der Waals surface area contributed by atoms with Gasteiger partial charge in [-0.15, -0.1) is 0 Å². The predicted octanol–water partition coefficient (Wildman–Crippen LogP) is 4.28. The lowest BCUT2D eigenvalue weighted by molar-refractivity contribution is 0.592. The molecule has 3 nitrogen and oxygen atoms in total. The third-order valence-electron chi connectivity index (χ3n) is 3.33. The van der Waals surface area contributed by atoms with Gasteiger partial charge in [-0.2, -0.15) is 0 Å². The molecule has 0 aliphatic rings. The summed E-state index contributed by atoms with van der Waals surface area (Å²) in [7, 11) is -3.53. The number of aryl methyl sites for hydroxylation is 2. The maximum atomic E-state index is 12.8. The number of hydrogen-bond acceptors (Lipinski definition) is 2. The van der Waals surface area contributed by atoms with Crippen molar-refractivity contribution in [3.05, 3.63) is 58.1 Å². The maximum Gasteiger partial charge on any atom is 0.264 e. The summed E-state index contributed by atoms with van der Waals surface area (Å²) in [5, 5.41) is 0. The average Bonchev–Trinajstić information content (AvgIpc) is 2.44. The van der Waals surface area contributed by atoms with Crippen molar-refractivity contribution < 1.29 is 8.42 Å². The van der Waals surface area contributed by atoms with Crippen molar-refractivity contribution in [3.8, 4) is 0 Å². The molecule has 2 aromatic carbocycles. The molecule has 0 radical (unpaired) electrons. The molecule has 0 heterocycles. The molecule has 0 spiro atoms. The number of anilines is 1. The molecule has 0 saturated carbocycles. The second kappa shape index (κ2) is 6.20. The molecule has 21 heavy (non-hydrogen) atoms. The van der Waals surface area contributed by atoms with E-state index in [1.165, 1.54) is 4.31 Å². The zero-order valence-corrected chi connectivity index (χ0v) is 14.7. The standard InChI is InChI=1S/C16H18BrNO2S/c1-4-18(14-7-10-16(17)13(3)11-14)21(19,20)15-8-5-12(2)6-9-15/h5-11H,4H2,1-3H3. The van der Waals surface area contributed by atoms with Crippen LogP contribution in [0.4, 0.5) is 5.69 Å². The van der Waals surface area contributed by atoms with E-state index in [0.717, 1.165) is 15.6 Å². The van der Waals surface area contributed by atoms with E-state index in [1.807, 2.05) is 51.1 Å². The molecule has 2 aromatic rings. The molecule has 0 aliphatic heterocycles. The van der Waals surface area contributed by atoms with Crippen LogP contribution in [0.3, 0.4) is 0 Å². The fourth-order valence-electron chi connectivity index (χ4n) is 2.11. The molecule has 0 amide bonds. The average molecular weight is 368 g/mol. The van der Waals surface area contributed by atoms with Gasteiger partial charge in [0.2, 0.25) is 0 Å². The van der Waals surface area contributed by atoms with E-state index in [-0.39, 0.29) is 0 Å². The molecular formula is C16H18BrNO2S. The second-order valence-electron chi connectivity index (χ2n) is 4.92. The lowest BCUT2D eigenvalue weighted by Gasteiger charge is -2.23. The van der Waals surface area contributed by atoms with Crippen molar-refractivity contribution in [3.63, 3.8) is 0 Å². The highest BCUT2D eigenvalue weighted by molar-refractivity contribution is 9.10. The number of benzene rings is 2. The summed E-state index contributed by atoms with van der Waals surface area (Å²) in [4.78, 5) is 0.315. The van der Waals surface area contributed by atoms with Crippen LogP contribution < -0.4 is 4.31 Å². The van der Waals surface area contributed by atoms with Gasteiger partial charge in [0, 0.05) is 11.0 Å². The van der Waals surface area contributed by atoms with E-state index < -0.39 is 10.0 Å². The highest BCUT2D eigenvalue weighted by atomic mass is 79.9. The van der Waals surface area contributed by atoms with Crippen LogP contribution in [-0.2, 0) is 10.0 Å². The SMILES string of the molecule is CCN(c1ccc(Br)c(C)c1)S(=O)(=O)c1ccc(C)cc1. The van der Waals surface area contributed by atoms with Crippen molar-refractivity contribution in [2.24, 2.45) is 0 Å². The van der Waals surface area contributed by atoms with E-state index in [4.69, 9.17) is 0 Å². The van der Waals surface area contributed by atoms with Crippen LogP contribution >= 0.6 is 15.9 Å². The summed E-state index contributed by atoms with van der Waals surface area (Å²) >= 11 is 3.44. The Morgan fingerprint density at radius 1 is 1.05 bits per heavy atom. The lowest BCUT2D eigenvalue weighted by atomic mass is 10.2. The monoisotopic (exact) mass is 367 g/mol. The smallest absolute Gasteiger partial charge is 0.264 e. The molecule has 5 heteroatoms. The molecule has 0 unspecified atom stereocenters. The van der Waals surface area contributed by atoms with Crippen molar-refractivity contribution >= 4 is 31.6 Å². The first-order valence-corrected chi connectivity index (χ1v) is 8.95. The van der Waals surface area contributed by atoms with Gasteiger partial charge in [0.15, 0.2) is 0 Å². The minimum Gasteiger partial charge on any atom is -0.267 e. The molecule has 112 valence electrons. The van der Waals surface area contributed by atoms with Crippen LogP contribution in [0, 0.1) is 13.8 Å². The first-order chi connectivity index (χ1) is 9.86. The third-order valence-corrected chi connectivity index (χ3v) is 6.13. The normalized spacial score (nSPS) is 11.4. The van der Waals surface area contributed by atoms with Crippen LogP contribution in [0.25, 0.3) is 0 Å². The number of nitrogens with zero attached hydrogens (tertiary/aromatic N) is 1. The van der Waals surface area contributed by atoms with Crippen molar-refractivity contribution in [2.75, 3.05) is 10.8 Å². The fraction of sp³-hybridized carbons (Fsp3) is 0.250. The van der Waals surface area contributed by atoms with Crippen LogP contribution in [0.2, 0.25) is 0 Å². The van der Waals surface area contributed by atoms with E-state index >= 15 is 0 Å². The number of halogens is 1. The molecule has 0 aliphatic carbocycles. The Hall–Kier alpha value is -1.33. The Morgan fingerprint density at radius 3 is 2.19 bits per heavy atom. The van der Waals surface area contributed by atoms with Gasteiger partial charge in [-0.25, -0.2) is 8.42 Å². The van der Waals surface area contributed by atoms with Crippen molar-refractivity contribution in [1.82, 2.24) is 0 Å². The molecule has 0 N–H and O–H groups in total. The molecule has 0 saturated heterocycles. The first-order valence-electron chi connectivity index (χ1n) is 6.72. The molecule has 0 atom stereocenters. The van der Waals surface area contributed by atoms with Crippen LogP contribution in [0.1, 0.15) is 18.1 Å². The van der Waals surface area contributed by atoms with Gasteiger partial charge in [0.05, 0.1) is 10.6 Å². The van der Waals surface area contributed by atoms with Crippen LogP contribution in [-0.4, -0.2) is 15.0 Å². The van der Waals surface area contributed by atoms with E-state index in [1.54, 1.807) is 12.1 Å². The van der Waals surface area contributed by atoms with Gasteiger partial charge in [-0.1, -0.05) is 33.6 Å². The van der Waals surface area contributed by atoms with Crippen LogP contribution in [0.15, 0.2) is 51.8 Å². The van der Waals surface area contributed by atoms with Gasteiger partial charge < -0.3 is 0 Å². The highest BCUT2D eigenvalue weighted by Crippen LogP contribution is 2.27. The van der Waals surface area contributed by atoms with Crippen molar-refractivity contribution in [1.29, 1.82) is 0 Å². The summed E-state index contributed by atoms with van der Waals surface area (Å²) in [5.74, 6) is 0. The molecule has 0 fully saturated rings. The Balaban J connectivity index is 2.48. The van der Waals surface area contributed by atoms with E-state index in [9.17, 15) is 8.42 Å². The van der Waals surface area contributed by atoms with Crippen LogP contribution in [0.5, 0.6) is 0 Å². The number of hydrogen-bond donors (Lipinski definition) is 0. The first kappa shape index (κ1) is 16.0. The Bertz CT molecular complexity index is 739. The summed E-state index contributed by atoms with van der Waals surface area (Å²) in [5.41, 5.74) is 2.72. The summed E-state index contributed by atoms with van der Waals surface area (Å²) in [6.45, 7) is 6.10. The van der Waals surface area contributed by atoms with Gasteiger partial charge in [-0.05, 0) is 56.7 Å². The zero-order chi connectivity index (χ0) is 15.6. The molecule has 0 bridgehead atoms. The number of rotatable bonds is 4. The summed E-state index contributed by atoms with van der Waals surface area (Å²) in [6, 6.07) is 12.5. The molecular weight excluding hydrogens is 350 g/mol. The molecule has 0 aromatic heterocycles. The Morgan fingerprint density at radius 2 is 1.67 bits per heavy atom. The lowest BCUT2D eigenvalue weighted by Crippen LogP contribution is -2.30. The highest BCUT2D eigenvalue weighted by Gasteiger charge is 2.23. The summed E-state index contributed by atoms with van der Waals surface area (Å²) < 4.78 is 28.0. The minimum absolute atomic E-state index is 0.315. The maximum absolute atomic E-state index is 12.8. The largest absolute Gasteiger partial charge is 0.267 e. The van der Waals surface area contributed by atoms with Gasteiger partial charge in [-0.3, -0.25) is 4.31 Å². The Labute approximate surface area is 134 Å². The molecule has 2 rings (SSSR count). The number of sulfonamides is 1. The Kier molecular flexibility index (Phi) is 4.74. The summed E-state index contributed by atoms with van der Waals surface area (Å²) in [6.07, 6.45) is 0. The van der Waals surface area contributed by atoms with Gasteiger partial charge in [0.1, 0.15) is 0 Å². The van der Waals surface area contributed by atoms with Gasteiger partial charge in [0.25, 0.3) is 10.0 Å². The third kappa shape index (κ3) is 3.30. The zero-order valence-electron chi connectivity index (χ0n) is 12.3. The fourth-order valence-corrected chi connectivity index (χ4v) is 3.82. The van der Waals surface area contributed by atoms with Gasteiger partial charge >= 0.3 is 0 Å². The predicted molar refractivity (Wildman–Crippen MR) is 90.3 cm³/mol. The quantitative estimate of drug-likeness (QED) is 0.808. The minimum atomic E-state index is -3.53. The van der Waals surface area contributed by atoms with Crippen molar-refractivity contribution in [2.45, 2.75) is 25.7 Å². The topological polar surface area (TPSA) is 37.4 Å². The second-order valence-corrected chi connectivity index (χ2v) is 7.63. The van der Waals surface area contributed by atoms with E-state index in [2.05, 4.69) is 15.9 Å².